The summed E-state index contributed by atoms with van der Waals surface area (Å²) in [5, 5.41) is 15.9. The number of carboxylic acid groups (broad SMARTS) is 1. The lowest BCUT2D eigenvalue weighted by Gasteiger charge is -2.27. The van der Waals surface area contributed by atoms with Gasteiger partial charge in [0.05, 0.1) is 28.0 Å². The molecular formula is C46H58ClN7O4. The number of carbonyl (C=O) groups is 3. The molecule has 2 amide bonds. The molecule has 2 fully saturated rings. The molecule has 12 heteroatoms. The molecule has 0 radical (unpaired) electrons. The lowest BCUT2D eigenvalue weighted by Crippen LogP contribution is -2.32. The van der Waals surface area contributed by atoms with Crippen molar-refractivity contribution in [1.29, 1.82) is 0 Å². The van der Waals surface area contributed by atoms with Crippen molar-refractivity contribution in [3.05, 3.63) is 81.4 Å². The van der Waals surface area contributed by atoms with Crippen LogP contribution in [-0.4, -0.2) is 60.0 Å². The van der Waals surface area contributed by atoms with E-state index in [0.717, 1.165) is 123 Å². The highest BCUT2D eigenvalue weighted by molar-refractivity contribution is 6.36. The Hall–Kier alpha value is -4.48. The molecule has 3 heterocycles. The van der Waals surface area contributed by atoms with Gasteiger partial charge in [0, 0.05) is 62.8 Å². The van der Waals surface area contributed by atoms with Crippen LogP contribution >= 0.6 is 11.6 Å². The molecule has 58 heavy (non-hydrogen) atoms. The number of carboxylic acids is 1. The smallest absolute Gasteiger partial charge is 0.306 e. The zero-order valence-corrected chi connectivity index (χ0v) is 35.0. The van der Waals surface area contributed by atoms with Crippen molar-refractivity contribution in [2.24, 2.45) is 37.8 Å². The number of benzene rings is 2. The average molecular weight is 808 g/mol. The molecule has 3 N–H and O–H groups in total. The molecule has 0 bridgehead atoms. The van der Waals surface area contributed by atoms with Gasteiger partial charge >= 0.3 is 5.97 Å². The number of hydrogen-bond acceptors (Lipinski definition) is 6. The fourth-order valence-electron chi connectivity index (χ4n) is 9.89. The van der Waals surface area contributed by atoms with Gasteiger partial charge in [0.1, 0.15) is 0 Å². The molecule has 1 aliphatic heterocycles. The summed E-state index contributed by atoms with van der Waals surface area (Å²) in [6.45, 7) is 4.87. The number of imidazole rings is 2. The van der Waals surface area contributed by atoms with Crippen LogP contribution in [0.25, 0.3) is 11.1 Å². The Balaban J connectivity index is 0.900. The van der Waals surface area contributed by atoms with E-state index >= 15 is 0 Å². The number of fused-ring (bicyclic) bond motifs is 2. The van der Waals surface area contributed by atoms with Crippen LogP contribution in [0.4, 0.5) is 11.4 Å². The van der Waals surface area contributed by atoms with Crippen molar-refractivity contribution in [2.45, 2.75) is 110 Å². The molecule has 0 saturated heterocycles. The quantitative estimate of drug-likeness (QED) is 0.130. The van der Waals surface area contributed by atoms with Crippen LogP contribution < -0.4 is 10.6 Å². The summed E-state index contributed by atoms with van der Waals surface area (Å²) in [5.41, 5.74) is 7.93. The first-order valence-electron chi connectivity index (χ1n) is 21.6. The van der Waals surface area contributed by atoms with Gasteiger partial charge in [-0.2, -0.15) is 0 Å². The summed E-state index contributed by atoms with van der Waals surface area (Å²) >= 11 is 7.07. The number of nitrogens with zero attached hydrogens (tertiary/aromatic N) is 5. The van der Waals surface area contributed by atoms with E-state index in [0.29, 0.717) is 39.9 Å². The largest absolute Gasteiger partial charge is 0.481 e. The van der Waals surface area contributed by atoms with Gasteiger partial charge in [-0.15, -0.1) is 0 Å². The lowest BCUT2D eigenvalue weighted by molar-refractivity contribution is -0.143. The zero-order chi connectivity index (χ0) is 40.5. The number of aromatic nitrogens is 4. The molecule has 2 saturated carbocycles. The molecule has 0 spiro atoms. The van der Waals surface area contributed by atoms with Crippen LogP contribution in [0.15, 0.2) is 36.4 Å². The molecular weight excluding hydrogens is 750 g/mol. The van der Waals surface area contributed by atoms with Gasteiger partial charge in [-0.25, -0.2) is 9.97 Å². The second kappa shape index (κ2) is 17.4. The Morgan fingerprint density at radius 2 is 1.34 bits per heavy atom. The molecule has 8 rings (SSSR count). The maximum absolute atomic E-state index is 13.8. The van der Waals surface area contributed by atoms with E-state index in [-0.39, 0.29) is 17.7 Å². The monoisotopic (exact) mass is 807 g/mol. The van der Waals surface area contributed by atoms with E-state index in [1.54, 1.807) is 6.07 Å². The molecule has 2 aromatic carbocycles. The van der Waals surface area contributed by atoms with Crippen LogP contribution in [0.2, 0.25) is 5.02 Å². The first kappa shape index (κ1) is 40.3. The van der Waals surface area contributed by atoms with E-state index in [1.807, 2.05) is 60.5 Å². The number of amides is 2. The number of rotatable bonds is 12. The Labute approximate surface area is 347 Å². The number of aliphatic carboxylic acids is 1. The molecule has 308 valence electrons. The van der Waals surface area contributed by atoms with Crippen molar-refractivity contribution in [1.82, 2.24) is 24.0 Å². The normalized spacial score (nSPS) is 21.1. The first-order valence-corrected chi connectivity index (χ1v) is 22.0. The third-order valence-corrected chi connectivity index (χ3v) is 14.0. The topological polar surface area (TPSA) is 134 Å². The summed E-state index contributed by atoms with van der Waals surface area (Å²) in [4.78, 5) is 51.0. The second-order valence-electron chi connectivity index (χ2n) is 17.5. The number of aryl methyl sites for hydroxylation is 1. The molecule has 11 nitrogen and oxygen atoms in total. The zero-order valence-electron chi connectivity index (χ0n) is 34.3. The van der Waals surface area contributed by atoms with Gasteiger partial charge < -0.3 is 24.9 Å². The van der Waals surface area contributed by atoms with Gasteiger partial charge in [0.15, 0.2) is 11.6 Å². The fraction of sp³-hybridized carbons (Fsp3) is 0.543. The minimum absolute atomic E-state index is 0.148. The molecule has 1 atom stereocenters. The minimum atomic E-state index is -0.632. The van der Waals surface area contributed by atoms with Crippen LogP contribution in [0, 0.1) is 30.6 Å². The van der Waals surface area contributed by atoms with Crippen molar-refractivity contribution in [3.63, 3.8) is 0 Å². The molecule has 4 aromatic rings. The summed E-state index contributed by atoms with van der Waals surface area (Å²) < 4.78 is 3.91. The van der Waals surface area contributed by atoms with E-state index in [2.05, 4.69) is 15.5 Å². The summed E-state index contributed by atoms with van der Waals surface area (Å²) in [6.07, 6.45) is 15.9. The highest BCUT2D eigenvalue weighted by Gasteiger charge is 2.31. The van der Waals surface area contributed by atoms with Crippen molar-refractivity contribution in [3.8, 4) is 11.1 Å². The van der Waals surface area contributed by atoms with E-state index in [4.69, 9.17) is 21.6 Å². The maximum atomic E-state index is 13.8. The van der Waals surface area contributed by atoms with E-state index < -0.39 is 5.97 Å². The number of halogens is 1. The Kier molecular flexibility index (Phi) is 12.1. The highest BCUT2D eigenvalue weighted by Crippen LogP contribution is 2.39. The van der Waals surface area contributed by atoms with Crippen molar-refractivity contribution in [2.75, 3.05) is 23.7 Å². The van der Waals surface area contributed by atoms with Gasteiger partial charge in [-0.3, -0.25) is 19.3 Å². The molecule has 2 aromatic heterocycles. The van der Waals surface area contributed by atoms with Crippen LogP contribution in [0.5, 0.6) is 0 Å². The number of hydrogen-bond donors (Lipinski definition) is 3. The van der Waals surface area contributed by atoms with Gasteiger partial charge in [0.2, 0.25) is 0 Å². The average Bonchev–Trinajstić information content (AvgIpc) is 3.88. The Morgan fingerprint density at radius 1 is 0.741 bits per heavy atom. The number of nitrogens with one attached hydrogen (secondary N) is 2. The first-order chi connectivity index (χ1) is 28.0. The summed E-state index contributed by atoms with van der Waals surface area (Å²) in [7, 11) is 3.87. The lowest BCUT2D eigenvalue weighted by atomic mass is 9.79. The maximum Gasteiger partial charge on any atom is 0.306 e. The molecule has 4 aliphatic rings. The number of anilines is 2. The molecule has 3 aliphatic carbocycles. The van der Waals surface area contributed by atoms with Gasteiger partial charge in [-0.1, -0.05) is 61.5 Å². The fourth-order valence-corrected chi connectivity index (χ4v) is 10.2. The SMILES string of the molecule is Cc1c(NC(=O)c2nc3c(n2C)CCN(CC2CC2)C3)cccc1-c1cccc(NC(=O)c2nc3c(n2C)CCC(CCCC2CCC(C(=O)O)CC2)CCC3)c1Cl. The standard InChI is InChI=1S/C46H58ClN7O4/c1-28-33(11-6-13-35(28)50-44(55)43-49-38-27-54(26-31-16-17-31)25-24-40(38)53(43)3)34-12-7-15-37(41(34)47)51-45(56)42-48-36-14-5-10-29(20-23-39(36)52(42)2)8-4-9-30-18-21-32(22-19-30)46(57)58/h6-7,11-13,15,29-32H,4-5,8-10,14,16-27H2,1-3H3,(H,50,55)(H,51,56)(H,57,58). The van der Waals surface area contributed by atoms with E-state index in [9.17, 15) is 19.5 Å². The second-order valence-corrected chi connectivity index (χ2v) is 17.9. The van der Waals surface area contributed by atoms with Crippen molar-refractivity contribution < 1.29 is 19.5 Å². The third kappa shape index (κ3) is 8.76. The van der Waals surface area contributed by atoms with Crippen molar-refractivity contribution >= 4 is 40.8 Å². The van der Waals surface area contributed by atoms with Gasteiger partial charge in [-0.05, 0) is 112 Å². The minimum Gasteiger partial charge on any atom is -0.481 e. The van der Waals surface area contributed by atoms with E-state index in [1.165, 1.54) is 38.5 Å². The Bertz CT molecular complexity index is 2180. The number of carbonyl (C=O) groups excluding carboxylic acids is 2. The van der Waals surface area contributed by atoms with Crippen LogP contribution in [0.1, 0.15) is 127 Å². The third-order valence-electron chi connectivity index (χ3n) is 13.6. The highest BCUT2D eigenvalue weighted by atomic mass is 35.5. The molecule has 1 unspecified atom stereocenters. The predicted molar refractivity (Wildman–Crippen MR) is 227 cm³/mol. The van der Waals surface area contributed by atoms with Crippen LogP contribution in [0.3, 0.4) is 0 Å². The Morgan fingerprint density at radius 3 is 2.03 bits per heavy atom. The van der Waals surface area contributed by atoms with Gasteiger partial charge in [0.25, 0.3) is 11.8 Å². The summed E-state index contributed by atoms with van der Waals surface area (Å²) in [5.74, 6) is 1.60. The predicted octanol–water partition coefficient (Wildman–Crippen LogP) is 9.00. The van der Waals surface area contributed by atoms with Crippen LogP contribution in [-0.2, 0) is 44.7 Å². The summed E-state index contributed by atoms with van der Waals surface area (Å²) in [6, 6.07) is 11.4.